The molecule has 1 atom stereocenters. The summed E-state index contributed by atoms with van der Waals surface area (Å²) in [4.78, 5) is 16.7. The molecule has 2 aromatic heterocycles. The van der Waals surface area contributed by atoms with Crippen LogP contribution in [0, 0.1) is 0 Å². The predicted octanol–water partition coefficient (Wildman–Crippen LogP) is 3.84. The molecule has 7 heteroatoms. The Morgan fingerprint density at radius 1 is 1.07 bits per heavy atom. The van der Waals surface area contributed by atoms with E-state index in [1.165, 1.54) is 0 Å². The lowest BCUT2D eigenvalue weighted by atomic mass is 10.2. The Bertz CT molecular complexity index is 1020. The first-order chi connectivity index (χ1) is 13.2. The molecular weight excluding hydrogens is 344 g/mol. The zero-order valence-electron chi connectivity index (χ0n) is 14.5. The molecule has 27 heavy (non-hydrogen) atoms. The highest BCUT2D eigenvalue weighted by molar-refractivity contribution is 5.89. The largest absolute Gasteiger partial charge is 0.449 e. The number of aromatic nitrogens is 4. The topological polar surface area (TPSA) is 83.0 Å². The number of carbonyl (C=O) groups excluding carboxylic acids is 1. The standard InChI is InChI=1S/C20H16N4O3/c1-14(19-22-18(23-27-19)15-6-3-2-4-7-15)26-20(25)16-8-10-17(11-9-16)24-13-5-12-21-24/h2-14H,1H3/t14-/m0/s1. The number of esters is 1. The summed E-state index contributed by atoms with van der Waals surface area (Å²) in [6.07, 6.45) is 2.86. The van der Waals surface area contributed by atoms with Crippen molar-refractivity contribution in [3.05, 3.63) is 84.5 Å². The fourth-order valence-corrected chi connectivity index (χ4v) is 2.56. The van der Waals surface area contributed by atoms with Gasteiger partial charge in [-0.3, -0.25) is 0 Å². The first kappa shape index (κ1) is 16.7. The summed E-state index contributed by atoms with van der Waals surface area (Å²) < 4.78 is 12.4. The predicted molar refractivity (Wildman–Crippen MR) is 97.1 cm³/mol. The number of rotatable bonds is 5. The molecule has 0 spiro atoms. The number of ether oxygens (including phenoxy) is 1. The minimum absolute atomic E-state index is 0.246. The van der Waals surface area contributed by atoms with Crippen LogP contribution < -0.4 is 0 Å². The van der Waals surface area contributed by atoms with E-state index in [4.69, 9.17) is 9.26 Å². The molecule has 0 bridgehead atoms. The Balaban J connectivity index is 1.44. The minimum atomic E-state index is -0.659. The molecule has 0 aliphatic heterocycles. The second-order valence-corrected chi connectivity index (χ2v) is 5.87. The first-order valence-electron chi connectivity index (χ1n) is 8.41. The van der Waals surface area contributed by atoms with Gasteiger partial charge in [-0.25, -0.2) is 9.48 Å². The lowest BCUT2D eigenvalue weighted by molar-refractivity contribution is 0.0265. The molecule has 0 amide bonds. The van der Waals surface area contributed by atoms with Gasteiger partial charge < -0.3 is 9.26 Å². The number of hydrogen-bond donors (Lipinski definition) is 0. The number of hydrogen-bond acceptors (Lipinski definition) is 6. The summed E-state index contributed by atoms with van der Waals surface area (Å²) in [6.45, 7) is 1.69. The van der Waals surface area contributed by atoms with Crippen LogP contribution in [-0.2, 0) is 4.74 Å². The molecule has 0 N–H and O–H groups in total. The van der Waals surface area contributed by atoms with E-state index in [1.807, 2.05) is 42.6 Å². The van der Waals surface area contributed by atoms with Gasteiger partial charge in [-0.2, -0.15) is 10.1 Å². The highest BCUT2D eigenvalue weighted by Crippen LogP contribution is 2.21. The lowest BCUT2D eigenvalue weighted by Gasteiger charge is -2.09. The van der Waals surface area contributed by atoms with Crippen molar-refractivity contribution in [3.8, 4) is 17.1 Å². The van der Waals surface area contributed by atoms with Crippen molar-refractivity contribution in [3.63, 3.8) is 0 Å². The first-order valence-corrected chi connectivity index (χ1v) is 8.41. The molecule has 0 saturated heterocycles. The summed E-state index contributed by atoms with van der Waals surface area (Å²) in [5.74, 6) is 0.237. The Morgan fingerprint density at radius 3 is 2.56 bits per heavy atom. The van der Waals surface area contributed by atoms with Gasteiger partial charge in [0.05, 0.1) is 11.3 Å². The van der Waals surface area contributed by atoms with Crippen LogP contribution >= 0.6 is 0 Å². The zero-order chi connectivity index (χ0) is 18.6. The Hall–Kier alpha value is -3.74. The molecule has 2 heterocycles. The van der Waals surface area contributed by atoms with Gasteiger partial charge in [-0.05, 0) is 37.3 Å². The molecule has 0 radical (unpaired) electrons. The molecule has 4 aromatic rings. The summed E-state index contributed by atoms with van der Waals surface area (Å²) in [7, 11) is 0. The average molecular weight is 360 g/mol. The fraction of sp³-hybridized carbons (Fsp3) is 0.100. The number of nitrogens with zero attached hydrogens (tertiary/aromatic N) is 4. The Morgan fingerprint density at radius 2 is 1.85 bits per heavy atom. The molecule has 0 aliphatic carbocycles. The maximum atomic E-state index is 12.4. The highest BCUT2D eigenvalue weighted by atomic mass is 16.6. The fourth-order valence-electron chi connectivity index (χ4n) is 2.56. The third-order valence-corrected chi connectivity index (χ3v) is 3.98. The van der Waals surface area contributed by atoms with Crippen LogP contribution in [0.25, 0.3) is 17.1 Å². The molecule has 7 nitrogen and oxygen atoms in total. The minimum Gasteiger partial charge on any atom is -0.449 e. The van der Waals surface area contributed by atoms with E-state index in [-0.39, 0.29) is 5.89 Å². The van der Waals surface area contributed by atoms with Crippen molar-refractivity contribution in [2.75, 3.05) is 0 Å². The average Bonchev–Trinajstić information content (AvgIpc) is 3.41. The van der Waals surface area contributed by atoms with E-state index in [0.29, 0.717) is 11.4 Å². The smallest absolute Gasteiger partial charge is 0.338 e. The molecule has 0 fully saturated rings. The Labute approximate surface area is 155 Å². The van der Waals surface area contributed by atoms with Gasteiger partial charge in [0.2, 0.25) is 5.82 Å². The highest BCUT2D eigenvalue weighted by Gasteiger charge is 2.20. The van der Waals surface area contributed by atoms with Crippen LogP contribution in [0.15, 0.2) is 77.6 Å². The second-order valence-electron chi connectivity index (χ2n) is 5.87. The van der Waals surface area contributed by atoms with Gasteiger partial charge in [0.1, 0.15) is 0 Å². The molecular formula is C20H16N4O3. The van der Waals surface area contributed by atoms with Crippen LogP contribution in [0.5, 0.6) is 0 Å². The van der Waals surface area contributed by atoms with Crippen LogP contribution in [0.4, 0.5) is 0 Å². The third kappa shape index (κ3) is 3.62. The van der Waals surface area contributed by atoms with Crippen LogP contribution in [-0.4, -0.2) is 25.9 Å². The lowest BCUT2D eigenvalue weighted by Crippen LogP contribution is -2.09. The van der Waals surface area contributed by atoms with E-state index in [9.17, 15) is 4.79 Å². The van der Waals surface area contributed by atoms with E-state index in [1.54, 1.807) is 42.1 Å². The molecule has 0 saturated carbocycles. The van der Waals surface area contributed by atoms with Crippen molar-refractivity contribution in [2.45, 2.75) is 13.0 Å². The quantitative estimate of drug-likeness (QED) is 0.503. The van der Waals surface area contributed by atoms with Crippen LogP contribution in [0.1, 0.15) is 29.3 Å². The summed E-state index contributed by atoms with van der Waals surface area (Å²) in [6, 6.07) is 18.3. The van der Waals surface area contributed by atoms with E-state index in [0.717, 1.165) is 11.3 Å². The van der Waals surface area contributed by atoms with Gasteiger partial charge in [-0.1, -0.05) is 35.5 Å². The SMILES string of the molecule is C[C@H](OC(=O)c1ccc(-n2cccn2)cc1)c1nc(-c2ccccc2)no1. The van der Waals surface area contributed by atoms with Gasteiger partial charge in [0.15, 0.2) is 6.10 Å². The maximum absolute atomic E-state index is 12.4. The summed E-state index contributed by atoms with van der Waals surface area (Å²) in [5, 5.41) is 8.09. The monoisotopic (exact) mass is 360 g/mol. The number of benzene rings is 2. The van der Waals surface area contributed by atoms with Crippen LogP contribution in [0.2, 0.25) is 0 Å². The van der Waals surface area contributed by atoms with E-state index >= 15 is 0 Å². The second kappa shape index (κ2) is 7.25. The third-order valence-electron chi connectivity index (χ3n) is 3.98. The van der Waals surface area contributed by atoms with Crippen LogP contribution in [0.3, 0.4) is 0 Å². The summed E-state index contributed by atoms with van der Waals surface area (Å²) >= 11 is 0. The zero-order valence-corrected chi connectivity index (χ0v) is 14.5. The van der Waals surface area contributed by atoms with Crippen molar-refractivity contribution in [1.29, 1.82) is 0 Å². The van der Waals surface area contributed by atoms with Crippen molar-refractivity contribution < 1.29 is 14.1 Å². The molecule has 2 aromatic carbocycles. The maximum Gasteiger partial charge on any atom is 0.338 e. The van der Waals surface area contributed by atoms with Gasteiger partial charge in [-0.15, -0.1) is 0 Å². The molecule has 0 unspecified atom stereocenters. The van der Waals surface area contributed by atoms with Gasteiger partial charge in [0.25, 0.3) is 5.89 Å². The summed E-state index contributed by atoms with van der Waals surface area (Å²) in [5.41, 5.74) is 2.12. The molecule has 0 aliphatic rings. The Kier molecular flexibility index (Phi) is 4.49. The number of carbonyl (C=O) groups is 1. The van der Waals surface area contributed by atoms with Crippen molar-refractivity contribution in [2.24, 2.45) is 0 Å². The van der Waals surface area contributed by atoms with Gasteiger partial charge >= 0.3 is 5.97 Å². The van der Waals surface area contributed by atoms with E-state index in [2.05, 4.69) is 15.2 Å². The molecule has 134 valence electrons. The van der Waals surface area contributed by atoms with Crippen molar-refractivity contribution >= 4 is 5.97 Å². The van der Waals surface area contributed by atoms with Crippen molar-refractivity contribution in [1.82, 2.24) is 19.9 Å². The molecule has 4 rings (SSSR count). The normalized spacial score (nSPS) is 11.9. The van der Waals surface area contributed by atoms with Gasteiger partial charge in [0, 0.05) is 18.0 Å². The van der Waals surface area contributed by atoms with E-state index < -0.39 is 12.1 Å².